The fourth-order valence-corrected chi connectivity index (χ4v) is 4.06. The summed E-state index contributed by atoms with van der Waals surface area (Å²) in [5.41, 5.74) is 6.36. The first-order valence-corrected chi connectivity index (χ1v) is 10.1. The van der Waals surface area contributed by atoms with E-state index in [1.54, 1.807) is 0 Å². The van der Waals surface area contributed by atoms with Crippen molar-refractivity contribution >= 4 is 44.9 Å². The molecule has 0 bridgehead atoms. The second-order valence-corrected chi connectivity index (χ2v) is 7.86. The molecule has 3 aromatic carbocycles. The van der Waals surface area contributed by atoms with Gasteiger partial charge in [-0.2, -0.15) is 0 Å². The first-order valence-electron chi connectivity index (χ1n) is 9.76. The number of fused-ring (bicyclic) bond motifs is 2. The molecule has 0 aliphatic heterocycles. The van der Waals surface area contributed by atoms with E-state index in [2.05, 4.69) is 51.3 Å². The number of rotatable bonds is 3. The van der Waals surface area contributed by atoms with Gasteiger partial charge in [-0.3, -0.25) is 4.57 Å². The molecule has 148 valence electrons. The zero-order chi connectivity index (χ0) is 20.8. The number of nitrogens with one attached hydrogen (secondary N) is 1. The van der Waals surface area contributed by atoms with Gasteiger partial charge < -0.3 is 5.32 Å². The van der Waals surface area contributed by atoms with Gasteiger partial charge in [-0.25, -0.2) is 4.98 Å². The van der Waals surface area contributed by atoms with E-state index in [0.717, 1.165) is 44.6 Å². The lowest BCUT2D eigenvalue weighted by molar-refractivity contribution is 0.990. The molecule has 0 aliphatic carbocycles. The van der Waals surface area contributed by atoms with Crippen LogP contribution in [-0.4, -0.2) is 19.7 Å². The van der Waals surface area contributed by atoms with Crippen molar-refractivity contribution in [1.29, 1.82) is 0 Å². The number of hydrogen-bond donors (Lipinski definition) is 1. The highest BCUT2D eigenvalue weighted by atomic mass is 35.5. The molecule has 0 saturated heterocycles. The second kappa shape index (κ2) is 7.11. The first kappa shape index (κ1) is 18.6. The highest BCUT2D eigenvalue weighted by Gasteiger charge is 2.13. The number of aryl methyl sites for hydroxylation is 3. The summed E-state index contributed by atoms with van der Waals surface area (Å²) >= 11 is 6.26. The number of anilines is 2. The van der Waals surface area contributed by atoms with E-state index in [1.165, 1.54) is 5.56 Å². The molecule has 0 radical (unpaired) electrons. The minimum atomic E-state index is 0.405. The van der Waals surface area contributed by atoms with Crippen molar-refractivity contribution < 1.29 is 0 Å². The summed E-state index contributed by atoms with van der Waals surface area (Å²) in [5, 5.41) is 14.0. The molecule has 0 unspecified atom stereocenters. The number of nitrogens with zero attached hydrogens (tertiary/aromatic N) is 4. The fourth-order valence-electron chi connectivity index (χ4n) is 3.86. The first-order chi connectivity index (χ1) is 14.5. The summed E-state index contributed by atoms with van der Waals surface area (Å²) in [7, 11) is 0. The number of benzene rings is 3. The number of imidazole rings is 1. The third kappa shape index (κ3) is 3.08. The predicted octanol–water partition coefficient (Wildman–Crippen LogP) is 6.29. The Kier molecular flexibility index (Phi) is 4.40. The van der Waals surface area contributed by atoms with Gasteiger partial charge in [0.1, 0.15) is 5.82 Å². The Hall–Kier alpha value is -3.44. The highest BCUT2D eigenvalue weighted by molar-refractivity contribution is 6.34. The van der Waals surface area contributed by atoms with Crippen LogP contribution < -0.4 is 5.32 Å². The Morgan fingerprint density at radius 3 is 2.53 bits per heavy atom. The average molecular weight is 414 g/mol. The van der Waals surface area contributed by atoms with Crippen LogP contribution in [0.5, 0.6) is 0 Å². The number of halogens is 1. The molecule has 5 rings (SSSR count). The van der Waals surface area contributed by atoms with Crippen molar-refractivity contribution in [2.45, 2.75) is 20.8 Å². The fraction of sp³-hybridized carbons (Fsp3) is 0.125. The predicted molar refractivity (Wildman–Crippen MR) is 123 cm³/mol. The van der Waals surface area contributed by atoms with Gasteiger partial charge in [0.05, 0.1) is 16.7 Å². The van der Waals surface area contributed by atoms with E-state index in [4.69, 9.17) is 16.6 Å². The van der Waals surface area contributed by atoms with Crippen LogP contribution in [0.3, 0.4) is 0 Å². The molecule has 5 nitrogen and oxygen atoms in total. The normalized spacial score (nSPS) is 11.3. The van der Waals surface area contributed by atoms with Crippen molar-refractivity contribution in [3.63, 3.8) is 0 Å². The van der Waals surface area contributed by atoms with E-state index in [-0.39, 0.29) is 0 Å². The van der Waals surface area contributed by atoms with Gasteiger partial charge >= 0.3 is 0 Å². The lowest BCUT2D eigenvalue weighted by Gasteiger charge is -2.11. The monoisotopic (exact) mass is 413 g/mol. The van der Waals surface area contributed by atoms with Gasteiger partial charge in [0.2, 0.25) is 0 Å². The van der Waals surface area contributed by atoms with Crippen molar-refractivity contribution in [2.75, 3.05) is 5.32 Å². The second-order valence-electron chi connectivity index (χ2n) is 7.50. The van der Waals surface area contributed by atoms with E-state index >= 15 is 0 Å². The summed E-state index contributed by atoms with van der Waals surface area (Å²) < 4.78 is 2.19. The molecular weight excluding hydrogens is 394 g/mol. The summed E-state index contributed by atoms with van der Waals surface area (Å²) in [5.74, 6) is 1.62. The van der Waals surface area contributed by atoms with E-state index < -0.39 is 0 Å². The molecule has 0 amide bonds. The average Bonchev–Trinajstić information content (AvgIpc) is 3.05. The third-order valence-electron chi connectivity index (χ3n) is 5.33. The van der Waals surface area contributed by atoms with Gasteiger partial charge in [-0.1, -0.05) is 47.5 Å². The third-order valence-corrected chi connectivity index (χ3v) is 5.61. The molecule has 0 spiro atoms. The molecule has 30 heavy (non-hydrogen) atoms. The van der Waals surface area contributed by atoms with Gasteiger partial charge in [0.15, 0.2) is 11.0 Å². The topological polar surface area (TPSA) is 55.6 Å². The minimum absolute atomic E-state index is 0.405. The molecule has 0 fully saturated rings. The quantitative estimate of drug-likeness (QED) is 0.377. The van der Waals surface area contributed by atoms with Crippen LogP contribution in [0, 0.1) is 20.8 Å². The summed E-state index contributed by atoms with van der Waals surface area (Å²) in [4.78, 5) is 4.79. The standard InChI is InChI=1S/C24H20ClN5/c1-14-8-10-18-19(12-14)23(25)28-29-24(18)27-17-9-11-22-20(13-17)26-16(3)30(22)21-7-5-4-6-15(21)2/h4-13H,1-3H3,(H,27,29). The van der Waals surface area contributed by atoms with Crippen LogP contribution in [0.4, 0.5) is 11.5 Å². The SMILES string of the molecule is Cc1ccc2c(Nc3ccc4c(c3)nc(C)n4-c3ccccc3C)nnc(Cl)c2c1. The number of aromatic nitrogens is 4. The Labute approximate surface area is 179 Å². The Morgan fingerprint density at radius 2 is 1.70 bits per heavy atom. The van der Waals surface area contributed by atoms with E-state index in [1.807, 2.05) is 50.2 Å². The molecule has 0 aliphatic rings. The maximum Gasteiger partial charge on any atom is 0.161 e. The lowest BCUT2D eigenvalue weighted by atomic mass is 10.1. The Balaban J connectivity index is 1.59. The van der Waals surface area contributed by atoms with Crippen LogP contribution in [0.25, 0.3) is 27.5 Å². The maximum atomic E-state index is 6.26. The Morgan fingerprint density at radius 1 is 0.867 bits per heavy atom. The molecule has 2 aromatic heterocycles. The summed E-state index contributed by atoms with van der Waals surface area (Å²) in [6, 6.07) is 20.6. The maximum absolute atomic E-state index is 6.26. The molecule has 5 aromatic rings. The van der Waals surface area contributed by atoms with E-state index in [9.17, 15) is 0 Å². The molecule has 6 heteroatoms. The van der Waals surface area contributed by atoms with Crippen LogP contribution in [0.2, 0.25) is 5.15 Å². The van der Waals surface area contributed by atoms with Crippen molar-refractivity contribution in [1.82, 2.24) is 19.7 Å². The van der Waals surface area contributed by atoms with E-state index in [0.29, 0.717) is 11.0 Å². The van der Waals surface area contributed by atoms with Gasteiger partial charge in [0, 0.05) is 16.5 Å². The van der Waals surface area contributed by atoms with Crippen molar-refractivity contribution in [3.05, 3.63) is 82.8 Å². The zero-order valence-corrected chi connectivity index (χ0v) is 17.7. The summed E-state index contributed by atoms with van der Waals surface area (Å²) in [6.07, 6.45) is 0. The van der Waals surface area contributed by atoms with Gasteiger partial charge in [-0.05, 0) is 56.7 Å². The smallest absolute Gasteiger partial charge is 0.161 e. The minimum Gasteiger partial charge on any atom is -0.338 e. The van der Waals surface area contributed by atoms with Crippen LogP contribution >= 0.6 is 11.6 Å². The van der Waals surface area contributed by atoms with Gasteiger partial charge in [-0.15, -0.1) is 10.2 Å². The largest absolute Gasteiger partial charge is 0.338 e. The van der Waals surface area contributed by atoms with Crippen LogP contribution in [-0.2, 0) is 0 Å². The van der Waals surface area contributed by atoms with Crippen molar-refractivity contribution in [3.8, 4) is 5.69 Å². The molecular formula is C24H20ClN5. The van der Waals surface area contributed by atoms with Crippen molar-refractivity contribution in [2.24, 2.45) is 0 Å². The number of hydrogen-bond acceptors (Lipinski definition) is 4. The van der Waals surface area contributed by atoms with Crippen LogP contribution in [0.15, 0.2) is 60.7 Å². The molecule has 1 N–H and O–H groups in total. The molecule has 0 saturated carbocycles. The highest BCUT2D eigenvalue weighted by Crippen LogP contribution is 2.31. The number of para-hydroxylation sites is 1. The molecule has 2 heterocycles. The summed E-state index contributed by atoms with van der Waals surface area (Å²) in [6.45, 7) is 6.17. The lowest BCUT2D eigenvalue weighted by Crippen LogP contribution is -1.99. The molecule has 0 atom stereocenters. The van der Waals surface area contributed by atoms with Gasteiger partial charge in [0.25, 0.3) is 0 Å². The zero-order valence-electron chi connectivity index (χ0n) is 16.9. The Bertz CT molecular complexity index is 1420. The van der Waals surface area contributed by atoms with Crippen LogP contribution in [0.1, 0.15) is 17.0 Å².